The Morgan fingerprint density at radius 2 is 0.970 bits per heavy atom. The van der Waals surface area contributed by atoms with Crippen LogP contribution in [0.4, 0.5) is 0 Å². The molecule has 5 heteroatoms. The number of hydrogen-bond donors (Lipinski definition) is 0. The summed E-state index contributed by atoms with van der Waals surface area (Å²) in [6, 6.07) is 0. The van der Waals surface area contributed by atoms with Crippen LogP contribution >= 0.6 is 7.26 Å². The van der Waals surface area contributed by atoms with E-state index in [9.17, 15) is 4.79 Å². The summed E-state index contributed by atoms with van der Waals surface area (Å²) >= 11 is 0. The molecule has 2 aliphatic heterocycles. The van der Waals surface area contributed by atoms with Crippen molar-refractivity contribution < 1.29 is 14.1 Å². The molecule has 0 unspecified atom stereocenters. The van der Waals surface area contributed by atoms with E-state index in [1.54, 1.807) is 0 Å². The molecule has 5 fully saturated rings. The monoisotopic (exact) mass is 476 g/mol. The molecule has 188 valence electrons. The van der Waals surface area contributed by atoms with Crippen molar-refractivity contribution in [1.29, 1.82) is 0 Å². The second-order valence-electron chi connectivity index (χ2n) is 12.6. The Labute approximate surface area is 204 Å². The highest BCUT2D eigenvalue weighted by molar-refractivity contribution is 7.77. The molecule has 0 N–H and O–H groups in total. The average molecular weight is 476 g/mol. The van der Waals surface area contributed by atoms with Crippen LogP contribution in [-0.2, 0) is 14.1 Å². The first-order valence-corrected chi connectivity index (χ1v) is 17.3. The van der Waals surface area contributed by atoms with Crippen molar-refractivity contribution in [2.24, 2.45) is 0 Å². The lowest BCUT2D eigenvalue weighted by Gasteiger charge is -2.58. The topological polar surface area (TPSA) is 35.5 Å². The first-order valence-electron chi connectivity index (χ1n) is 15.1. The van der Waals surface area contributed by atoms with Gasteiger partial charge in [-0.2, -0.15) is 0 Å². The molecule has 0 aromatic rings. The predicted molar refractivity (Wildman–Crippen MR) is 142 cm³/mol. The quantitative estimate of drug-likeness (QED) is 0.200. The Kier molecular flexibility index (Phi) is 8.45. The second kappa shape index (κ2) is 11.3. The second-order valence-corrected chi connectivity index (χ2v) is 17.1. The van der Waals surface area contributed by atoms with Crippen molar-refractivity contribution >= 4 is 20.3 Å². The average Bonchev–Trinajstić information content (AvgIpc) is 2.86. The normalized spacial score (nSPS) is 35.3. The van der Waals surface area contributed by atoms with Gasteiger partial charge in [0.25, 0.3) is 0 Å². The lowest BCUT2D eigenvalue weighted by atomic mass is 9.31. The molecule has 33 heavy (non-hydrogen) atoms. The van der Waals surface area contributed by atoms with Crippen LogP contribution in [0.2, 0.25) is 11.6 Å². The Morgan fingerprint density at radius 3 is 1.33 bits per heavy atom. The summed E-state index contributed by atoms with van der Waals surface area (Å²) in [6.45, 7) is -0.663. The van der Waals surface area contributed by atoms with Crippen molar-refractivity contribution in [2.75, 3.05) is 6.35 Å². The molecular formula is C28H50BO3P. The number of rotatable bonds is 8. The van der Waals surface area contributed by atoms with Crippen LogP contribution in [0, 0.1) is 0 Å². The van der Waals surface area contributed by atoms with Crippen LogP contribution in [0.15, 0.2) is 0 Å². The van der Waals surface area contributed by atoms with Gasteiger partial charge >= 0.3 is 6.55 Å². The first-order chi connectivity index (χ1) is 16.3. The maximum Gasteiger partial charge on any atom is 0.303 e. The van der Waals surface area contributed by atoms with E-state index in [1.807, 2.05) is 0 Å². The van der Waals surface area contributed by atoms with E-state index in [4.69, 9.17) is 9.31 Å². The van der Waals surface area contributed by atoms with E-state index < -0.39 is 13.8 Å². The highest BCUT2D eigenvalue weighted by Crippen LogP contribution is 2.77. The molecule has 0 spiro atoms. The summed E-state index contributed by atoms with van der Waals surface area (Å²) < 4.78 is 13.5. The maximum absolute atomic E-state index is 11.9. The van der Waals surface area contributed by atoms with E-state index in [1.165, 1.54) is 135 Å². The highest BCUT2D eigenvalue weighted by atomic mass is 31.2. The van der Waals surface area contributed by atoms with Gasteiger partial charge in [-0.15, -0.1) is 11.6 Å². The van der Waals surface area contributed by atoms with Gasteiger partial charge in [0, 0.05) is 7.26 Å². The zero-order valence-corrected chi connectivity index (χ0v) is 22.2. The third-order valence-corrected chi connectivity index (χ3v) is 17.4. The van der Waals surface area contributed by atoms with Gasteiger partial charge in [0.15, 0.2) is 0 Å². The molecule has 0 atom stereocenters. The number of hydrogen-bond acceptors (Lipinski definition) is 3. The lowest BCUT2D eigenvalue weighted by molar-refractivity contribution is -0.123. The van der Waals surface area contributed by atoms with Gasteiger partial charge in [0.05, 0.1) is 17.0 Å². The third kappa shape index (κ3) is 4.83. The zero-order chi connectivity index (χ0) is 22.6. The highest BCUT2D eigenvalue weighted by Gasteiger charge is 2.59. The predicted octanol–water partition coefficient (Wildman–Crippen LogP) is 8.70. The SMILES string of the molecule is O=CO[B-]1(OC[P+](C2CCCCC2)(C2CCCCC2)C2CCCCC2)C2CCCC1CCC2. The largest absolute Gasteiger partial charge is 0.668 e. The van der Waals surface area contributed by atoms with Gasteiger partial charge in [-0.05, 0) is 77.0 Å². The summed E-state index contributed by atoms with van der Waals surface area (Å²) in [6.07, 6.45) is 30.2. The fourth-order valence-electron chi connectivity index (χ4n) is 9.65. The van der Waals surface area contributed by atoms with Crippen LogP contribution in [-0.4, -0.2) is 36.3 Å². The summed E-state index contributed by atoms with van der Waals surface area (Å²) in [5.74, 6) is 0.988. The summed E-state index contributed by atoms with van der Waals surface area (Å²) in [7, 11) is -1.30. The van der Waals surface area contributed by atoms with Gasteiger partial charge in [-0.3, -0.25) is 4.79 Å². The fourth-order valence-corrected chi connectivity index (χ4v) is 16.5. The summed E-state index contributed by atoms with van der Waals surface area (Å²) in [4.78, 5) is 11.9. The van der Waals surface area contributed by atoms with E-state index in [0.29, 0.717) is 11.6 Å². The van der Waals surface area contributed by atoms with E-state index in [2.05, 4.69) is 0 Å². The van der Waals surface area contributed by atoms with Crippen LogP contribution in [0.3, 0.4) is 0 Å². The van der Waals surface area contributed by atoms with E-state index >= 15 is 0 Å². The van der Waals surface area contributed by atoms with Crippen LogP contribution < -0.4 is 0 Å². The van der Waals surface area contributed by atoms with Crippen molar-refractivity contribution in [3.05, 3.63) is 0 Å². The Morgan fingerprint density at radius 1 is 0.576 bits per heavy atom. The van der Waals surface area contributed by atoms with Gasteiger partial charge < -0.3 is 9.31 Å². The van der Waals surface area contributed by atoms with Gasteiger partial charge in [0.1, 0.15) is 6.35 Å². The van der Waals surface area contributed by atoms with Crippen molar-refractivity contribution in [3.63, 3.8) is 0 Å². The fraction of sp³-hybridized carbons (Fsp3) is 0.964. The van der Waals surface area contributed by atoms with Crippen LogP contribution in [0.25, 0.3) is 0 Å². The van der Waals surface area contributed by atoms with E-state index in [-0.39, 0.29) is 0 Å². The summed E-state index contributed by atoms with van der Waals surface area (Å²) in [5.41, 5.74) is 2.81. The van der Waals surface area contributed by atoms with Gasteiger partial charge in [-0.25, -0.2) is 0 Å². The third-order valence-electron chi connectivity index (χ3n) is 11.2. The molecule has 2 heterocycles. The lowest BCUT2D eigenvalue weighted by Crippen LogP contribution is -2.56. The smallest absolute Gasteiger partial charge is 0.303 e. The molecule has 0 aromatic carbocycles. The van der Waals surface area contributed by atoms with Crippen LogP contribution in [0.5, 0.6) is 0 Å². The molecule has 2 saturated heterocycles. The molecule has 5 aliphatic rings. The van der Waals surface area contributed by atoms with Crippen molar-refractivity contribution in [2.45, 2.75) is 163 Å². The number of fused-ring (bicyclic) bond motifs is 2. The van der Waals surface area contributed by atoms with Crippen LogP contribution in [0.1, 0.15) is 135 Å². The standard InChI is InChI=1S/C28H50BO3P/c30-22-31-29(24-12-10-13-25(29)15-11-14-24)32-23-33(26-16-4-1-5-17-26,27-18-6-2-7-19-27)28-20-8-3-9-21-28/h22,24-28H,1-21,23H2. The zero-order valence-electron chi connectivity index (χ0n) is 21.3. The van der Waals surface area contributed by atoms with Gasteiger partial charge in [0.2, 0.25) is 6.47 Å². The minimum atomic E-state index is -1.44. The van der Waals surface area contributed by atoms with Crippen molar-refractivity contribution in [3.8, 4) is 0 Å². The Balaban J connectivity index is 1.49. The molecule has 5 rings (SSSR count). The molecule has 3 saturated carbocycles. The Bertz CT molecular complexity index is 557. The summed E-state index contributed by atoms with van der Waals surface area (Å²) in [5, 5.41) is 0. The number of carbonyl (C=O) groups excluding carboxylic acids is 1. The minimum Gasteiger partial charge on any atom is -0.668 e. The molecule has 0 radical (unpaired) electrons. The maximum atomic E-state index is 11.9. The molecule has 2 bridgehead atoms. The number of carbonyl (C=O) groups is 1. The van der Waals surface area contributed by atoms with Gasteiger partial charge in [-0.1, -0.05) is 57.8 Å². The molecule has 0 amide bonds. The van der Waals surface area contributed by atoms with E-state index in [0.717, 1.165) is 29.8 Å². The first kappa shape index (κ1) is 24.6. The molecule has 3 aliphatic carbocycles. The molecular weight excluding hydrogens is 426 g/mol. The molecule has 3 nitrogen and oxygen atoms in total. The molecule has 0 aromatic heterocycles. The Hall–Kier alpha value is -0.0751. The minimum absolute atomic E-state index is 0.494. The van der Waals surface area contributed by atoms with Crippen molar-refractivity contribution in [1.82, 2.24) is 0 Å².